The van der Waals surface area contributed by atoms with Gasteiger partial charge in [-0.05, 0) is 25.1 Å². The number of phenols is 1. The third kappa shape index (κ3) is 5.96. The molecule has 1 aromatic carbocycles. The van der Waals surface area contributed by atoms with E-state index in [2.05, 4.69) is 27.8 Å². The molecule has 1 aromatic rings. The monoisotopic (exact) mass is 321 g/mol. The number of hydrogen-bond acceptors (Lipinski definition) is 3. The molecule has 0 saturated heterocycles. The number of ether oxygens (including phenoxy) is 1. The topological polar surface area (TPSA) is 41.5 Å². The van der Waals surface area contributed by atoms with Crippen molar-refractivity contribution in [1.82, 2.24) is 5.32 Å². The summed E-state index contributed by atoms with van der Waals surface area (Å²) < 4.78 is 6.25. The second-order valence-corrected chi connectivity index (χ2v) is 4.47. The van der Waals surface area contributed by atoms with Crippen molar-refractivity contribution in [3.63, 3.8) is 0 Å². The van der Waals surface area contributed by atoms with Gasteiger partial charge in [-0.2, -0.15) is 0 Å². The minimum Gasteiger partial charge on any atom is -0.508 e. The van der Waals surface area contributed by atoms with Crippen molar-refractivity contribution in [2.24, 2.45) is 0 Å². The van der Waals surface area contributed by atoms with E-state index >= 15 is 0 Å². The Kier molecular flexibility index (Phi) is 8.04. The number of phenolic OH excluding ortho intramolecular Hbond substituents is 1. The van der Waals surface area contributed by atoms with Crippen LogP contribution in [0.3, 0.4) is 0 Å². The van der Waals surface area contributed by atoms with Crippen LogP contribution in [0.5, 0.6) is 11.5 Å². The van der Waals surface area contributed by atoms with Crippen LogP contribution in [-0.4, -0.2) is 18.3 Å². The minimum atomic E-state index is 0. The molecular formula is C12H17BrClNO2. The van der Waals surface area contributed by atoms with Gasteiger partial charge in [0.05, 0.1) is 6.61 Å². The summed E-state index contributed by atoms with van der Waals surface area (Å²) in [6, 6.07) is 5.24. The van der Waals surface area contributed by atoms with Crippen molar-refractivity contribution in [2.75, 3.05) is 13.2 Å². The van der Waals surface area contributed by atoms with E-state index < -0.39 is 0 Å². The maximum atomic E-state index is 9.64. The molecule has 3 nitrogen and oxygen atoms in total. The molecular weight excluding hydrogens is 305 g/mol. The zero-order valence-electron chi connectivity index (χ0n) is 9.70. The Morgan fingerprint density at radius 3 is 2.82 bits per heavy atom. The highest BCUT2D eigenvalue weighted by atomic mass is 79.9. The predicted octanol–water partition coefficient (Wildman–Crippen LogP) is 3.21. The van der Waals surface area contributed by atoms with Gasteiger partial charge in [-0.1, -0.05) is 22.5 Å². The van der Waals surface area contributed by atoms with Crippen molar-refractivity contribution in [1.29, 1.82) is 0 Å². The molecule has 96 valence electrons. The lowest BCUT2D eigenvalue weighted by atomic mass is 10.2. The van der Waals surface area contributed by atoms with Crippen LogP contribution >= 0.6 is 28.3 Å². The molecule has 0 radical (unpaired) electrons. The van der Waals surface area contributed by atoms with Crippen molar-refractivity contribution >= 4 is 28.3 Å². The van der Waals surface area contributed by atoms with Crippen LogP contribution < -0.4 is 10.1 Å². The second kappa shape index (κ2) is 8.39. The molecule has 0 aliphatic heterocycles. The molecule has 17 heavy (non-hydrogen) atoms. The highest BCUT2D eigenvalue weighted by Crippen LogP contribution is 2.22. The fourth-order valence-corrected chi connectivity index (χ4v) is 1.49. The summed E-state index contributed by atoms with van der Waals surface area (Å²) in [7, 11) is 0. The molecule has 1 rings (SSSR count). The van der Waals surface area contributed by atoms with Crippen LogP contribution in [0.25, 0.3) is 0 Å². The van der Waals surface area contributed by atoms with Crippen molar-refractivity contribution < 1.29 is 9.84 Å². The molecule has 0 atom stereocenters. The van der Waals surface area contributed by atoms with Gasteiger partial charge in [0.2, 0.25) is 0 Å². The van der Waals surface area contributed by atoms with Crippen LogP contribution in [0, 0.1) is 0 Å². The van der Waals surface area contributed by atoms with Gasteiger partial charge in [0.25, 0.3) is 0 Å². The first-order chi connectivity index (χ1) is 7.63. The van der Waals surface area contributed by atoms with Crippen molar-refractivity contribution in [2.45, 2.75) is 13.5 Å². The van der Waals surface area contributed by atoms with Gasteiger partial charge in [-0.3, -0.25) is 0 Å². The number of nitrogens with one attached hydrogen (secondary N) is 1. The highest BCUT2D eigenvalue weighted by Gasteiger charge is 2.03. The van der Waals surface area contributed by atoms with E-state index in [4.69, 9.17) is 4.74 Å². The molecule has 0 bridgehead atoms. The van der Waals surface area contributed by atoms with Crippen LogP contribution in [0.15, 0.2) is 29.3 Å². The highest BCUT2D eigenvalue weighted by molar-refractivity contribution is 9.11. The van der Waals surface area contributed by atoms with Crippen molar-refractivity contribution in [3.05, 3.63) is 34.8 Å². The number of aromatic hydroxyl groups is 1. The lowest BCUT2D eigenvalue weighted by molar-refractivity contribution is 0.338. The Balaban J connectivity index is 0.00000256. The van der Waals surface area contributed by atoms with Gasteiger partial charge in [0, 0.05) is 23.1 Å². The molecule has 0 aromatic heterocycles. The van der Waals surface area contributed by atoms with Gasteiger partial charge >= 0.3 is 0 Å². The number of rotatable bonds is 6. The number of hydrogen-bond donors (Lipinski definition) is 2. The quantitative estimate of drug-likeness (QED) is 0.845. The molecule has 0 spiro atoms. The molecule has 2 N–H and O–H groups in total. The maximum Gasteiger partial charge on any atom is 0.120 e. The molecule has 0 fully saturated rings. The first-order valence-corrected chi connectivity index (χ1v) is 5.91. The van der Waals surface area contributed by atoms with Gasteiger partial charge in [-0.25, -0.2) is 0 Å². The average Bonchev–Trinajstić information content (AvgIpc) is 2.22. The Hall–Kier alpha value is -0.710. The van der Waals surface area contributed by atoms with Gasteiger partial charge in [-0.15, -0.1) is 12.4 Å². The standard InChI is InChI=1S/C12H16BrNO2.ClH/c1-3-16-11-4-5-12(15)10(6-11)8-14-7-9(2)13;/h4-6,14-15H,2-3,7-8H2,1H3;1H. The zero-order chi connectivity index (χ0) is 12.0. The van der Waals surface area contributed by atoms with Crippen LogP contribution in [0.2, 0.25) is 0 Å². The number of benzene rings is 1. The molecule has 0 amide bonds. The summed E-state index contributed by atoms with van der Waals surface area (Å²) in [6.07, 6.45) is 0. The third-order valence-electron chi connectivity index (χ3n) is 1.99. The van der Waals surface area contributed by atoms with E-state index in [1.807, 2.05) is 13.0 Å². The van der Waals surface area contributed by atoms with E-state index in [0.717, 1.165) is 15.8 Å². The molecule has 0 heterocycles. The maximum absolute atomic E-state index is 9.64. The third-order valence-corrected chi connectivity index (χ3v) is 2.27. The van der Waals surface area contributed by atoms with Crippen molar-refractivity contribution in [3.8, 4) is 11.5 Å². The van der Waals surface area contributed by atoms with Gasteiger partial charge in [0.15, 0.2) is 0 Å². The van der Waals surface area contributed by atoms with E-state index in [9.17, 15) is 5.11 Å². The lowest BCUT2D eigenvalue weighted by Gasteiger charge is -2.09. The average molecular weight is 323 g/mol. The molecule has 0 aliphatic carbocycles. The van der Waals surface area contributed by atoms with Gasteiger partial charge in [0.1, 0.15) is 11.5 Å². The second-order valence-electron chi connectivity index (χ2n) is 3.34. The van der Waals surface area contributed by atoms with Crippen LogP contribution in [-0.2, 0) is 6.54 Å². The zero-order valence-corrected chi connectivity index (χ0v) is 12.1. The normalized spacial score (nSPS) is 9.53. The summed E-state index contributed by atoms with van der Waals surface area (Å²) in [4.78, 5) is 0. The summed E-state index contributed by atoms with van der Waals surface area (Å²) >= 11 is 3.26. The largest absolute Gasteiger partial charge is 0.508 e. The van der Waals surface area contributed by atoms with E-state index in [0.29, 0.717) is 19.7 Å². The molecule has 5 heteroatoms. The summed E-state index contributed by atoms with van der Waals surface area (Å²) in [5, 5.41) is 12.8. The summed E-state index contributed by atoms with van der Waals surface area (Å²) in [5.74, 6) is 1.05. The molecule has 0 aliphatic rings. The van der Waals surface area contributed by atoms with E-state index in [1.54, 1.807) is 12.1 Å². The van der Waals surface area contributed by atoms with E-state index in [1.165, 1.54) is 0 Å². The predicted molar refractivity (Wildman–Crippen MR) is 76.3 cm³/mol. The Morgan fingerprint density at radius 1 is 1.53 bits per heavy atom. The smallest absolute Gasteiger partial charge is 0.120 e. The van der Waals surface area contributed by atoms with Crippen LogP contribution in [0.4, 0.5) is 0 Å². The lowest BCUT2D eigenvalue weighted by Crippen LogP contribution is -2.14. The Morgan fingerprint density at radius 2 is 2.24 bits per heavy atom. The fraction of sp³-hybridized carbons (Fsp3) is 0.333. The van der Waals surface area contributed by atoms with Crippen LogP contribution in [0.1, 0.15) is 12.5 Å². The first-order valence-electron chi connectivity index (χ1n) is 5.12. The summed E-state index contributed by atoms with van der Waals surface area (Å²) in [6.45, 7) is 7.52. The molecule has 0 unspecified atom stereocenters. The fourth-order valence-electron chi connectivity index (χ4n) is 1.29. The minimum absolute atomic E-state index is 0. The first kappa shape index (κ1) is 16.3. The van der Waals surface area contributed by atoms with Gasteiger partial charge < -0.3 is 15.2 Å². The Labute approximate surface area is 116 Å². The number of halogens is 2. The Bertz CT molecular complexity index is 372. The van der Waals surface area contributed by atoms with E-state index in [-0.39, 0.29) is 18.2 Å². The summed E-state index contributed by atoms with van der Waals surface area (Å²) in [5.41, 5.74) is 0.819. The molecule has 0 saturated carbocycles. The SMILES string of the molecule is C=C(Br)CNCc1cc(OCC)ccc1O.Cl.